The van der Waals surface area contributed by atoms with Crippen molar-refractivity contribution in [3.8, 4) is 11.5 Å². The molecule has 0 radical (unpaired) electrons. The minimum atomic E-state index is -0.980. The molecule has 0 aliphatic carbocycles. The molecule has 0 aliphatic heterocycles. The normalized spacial score (nSPS) is 10.3. The van der Waals surface area contributed by atoms with Crippen LogP contribution in [0.25, 0.3) is 0 Å². The standard InChI is InChI=1S/C17H17N3O4S/c1-23-14-8-3-11(9-15(14)24-2)10-18-20-17(25)19-13-6-4-12(5-7-13)16(21)22/h3-10H,1-2H3,(H,21,22)(H2,19,20,25)/b18-10+. The highest BCUT2D eigenvalue weighted by Crippen LogP contribution is 2.26. The third-order valence-electron chi connectivity index (χ3n) is 3.18. The Kier molecular flexibility index (Phi) is 6.30. The summed E-state index contributed by atoms with van der Waals surface area (Å²) in [5.41, 5.74) is 4.35. The van der Waals surface area contributed by atoms with E-state index in [1.165, 1.54) is 12.1 Å². The molecule has 0 amide bonds. The Hall–Kier alpha value is -3.13. The lowest BCUT2D eigenvalue weighted by Gasteiger charge is -2.08. The largest absolute Gasteiger partial charge is 0.493 e. The number of hydrogen-bond acceptors (Lipinski definition) is 5. The van der Waals surface area contributed by atoms with Gasteiger partial charge in [0.25, 0.3) is 0 Å². The molecular weight excluding hydrogens is 342 g/mol. The first-order valence-electron chi connectivity index (χ1n) is 7.19. The van der Waals surface area contributed by atoms with Gasteiger partial charge in [0.2, 0.25) is 0 Å². The van der Waals surface area contributed by atoms with Gasteiger partial charge >= 0.3 is 5.97 Å². The van der Waals surface area contributed by atoms with Crippen molar-refractivity contribution < 1.29 is 19.4 Å². The van der Waals surface area contributed by atoms with Gasteiger partial charge in [-0.25, -0.2) is 4.79 Å². The van der Waals surface area contributed by atoms with E-state index < -0.39 is 5.97 Å². The fourth-order valence-corrected chi connectivity index (χ4v) is 2.12. The molecule has 0 aliphatic rings. The zero-order valence-corrected chi connectivity index (χ0v) is 14.5. The summed E-state index contributed by atoms with van der Waals surface area (Å²) in [6.45, 7) is 0. The van der Waals surface area contributed by atoms with Gasteiger partial charge < -0.3 is 19.9 Å². The molecule has 0 atom stereocenters. The third kappa shape index (κ3) is 5.18. The number of carboxylic acid groups (broad SMARTS) is 1. The molecule has 0 spiro atoms. The van der Waals surface area contributed by atoms with E-state index in [-0.39, 0.29) is 10.7 Å². The van der Waals surface area contributed by atoms with Gasteiger partial charge in [-0.05, 0) is 60.2 Å². The second kappa shape index (κ2) is 8.65. The van der Waals surface area contributed by atoms with Crippen molar-refractivity contribution >= 4 is 35.2 Å². The van der Waals surface area contributed by atoms with Crippen molar-refractivity contribution in [2.24, 2.45) is 5.10 Å². The van der Waals surface area contributed by atoms with Gasteiger partial charge in [0.15, 0.2) is 16.6 Å². The van der Waals surface area contributed by atoms with Gasteiger partial charge in [0, 0.05) is 5.69 Å². The van der Waals surface area contributed by atoms with Crippen LogP contribution in [0.3, 0.4) is 0 Å². The number of anilines is 1. The number of benzene rings is 2. The van der Waals surface area contributed by atoms with E-state index in [4.69, 9.17) is 26.8 Å². The molecule has 0 aromatic heterocycles. The van der Waals surface area contributed by atoms with Crippen molar-refractivity contribution in [2.45, 2.75) is 0 Å². The summed E-state index contributed by atoms with van der Waals surface area (Å²) in [5, 5.41) is 16.1. The summed E-state index contributed by atoms with van der Waals surface area (Å²) >= 11 is 5.13. The van der Waals surface area contributed by atoms with Crippen LogP contribution in [0.15, 0.2) is 47.6 Å². The molecule has 130 valence electrons. The number of ether oxygens (including phenoxy) is 2. The Labute approximate surface area is 150 Å². The van der Waals surface area contributed by atoms with Crippen molar-refractivity contribution in [2.75, 3.05) is 19.5 Å². The van der Waals surface area contributed by atoms with Crippen LogP contribution in [0, 0.1) is 0 Å². The minimum absolute atomic E-state index is 0.205. The summed E-state index contributed by atoms with van der Waals surface area (Å²) in [5.74, 6) is 0.257. The summed E-state index contributed by atoms with van der Waals surface area (Å²) in [7, 11) is 3.13. The molecule has 2 rings (SSSR count). The van der Waals surface area contributed by atoms with Crippen LogP contribution in [-0.4, -0.2) is 36.6 Å². The van der Waals surface area contributed by atoms with Crippen LogP contribution in [-0.2, 0) is 0 Å². The van der Waals surface area contributed by atoms with Gasteiger partial charge in [0.1, 0.15) is 0 Å². The van der Waals surface area contributed by atoms with Gasteiger partial charge in [-0.1, -0.05) is 0 Å². The molecule has 25 heavy (non-hydrogen) atoms. The zero-order valence-electron chi connectivity index (χ0n) is 13.6. The molecule has 3 N–H and O–H groups in total. The zero-order chi connectivity index (χ0) is 18.2. The first-order valence-corrected chi connectivity index (χ1v) is 7.59. The number of methoxy groups -OCH3 is 2. The molecule has 0 saturated heterocycles. The van der Waals surface area contributed by atoms with Crippen LogP contribution in [0.1, 0.15) is 15.9 Å². The first kappa shape index (κ1) is 18.2. The lowest BCUT2D eigenvalue weighted by molar-refractivity contribution is 0.0697. The maximum absolute atomic E-state index is 10.8. The fourth-order valence-electron chi connectivity index (χ4n) is 1.95. The molecular formula is C17H17N3O4S. The molecule has 8 heteroatoms. The summed E-state index contributed by atoms with van der Waals surface area (Å²) in [4.78, 5) is 10.8. The highest BCUT2D eigenvalue weighted by molar-refractivity contribution is 7.80. The summed E-state index contributed by atoms with van der Waals surface area (Å²) in [6.07, 6.45) is 1.59. The van der Waals surface area contributed by atoms with E-state index in [2.05, 4.69) is 15.8 Å². The molecule has 0 bridgehead atoms. The van der Waals surface area contributed by atoms with Crippen LogP contribution < -0.4 is 20.2 Å². The molecule has 0 saturated carbocycles. The summed E-state index contributed by atoms with van der Waals surface area (Å²) < 4.78 is 10.4. The fraction of sp³-hybridized carbons (Fsp3) is 0.118. The van der Waals surface area contributed by atoms with Crippen molar-refractivity contribution in [1.82, 2.24) is 5.43 Å². The SMILES string of the molecule is COc1ccc(/C=N/NC(=S)Nc2ccc(C(=O)O)cc2)cc1OC. The quantitative estimate of drug-likeness (QED) is 0.415. The molecule has 0 fully saturated rings. The van der Waals surface area contributed by atoms with Crippen molar-refractivity contribution in [1.29, 1.82) is 0 Å². The van der Waals surface area contributed by atoms with E-state index in [9.17, 15) is 4.79 Å². The number of hydrogen-bond donors (Lipinski definition) is 3. The van der Waals surface area contributed by atoms with Gasteiger partial charge in [-0.2, -0.15) is 5.10 Å². The van der Waals surface area contributed by atoms with Crippen molar-refractivity contribution in [3.63, 3.8) is 0 Å². The Morgan fingerprint density at radius 1 is 1.12 bits per heavy atom. The molecule has 2 aromatic rings. The maximum Gasteiger partial charge on any atom is 0.335 e. The van der Waals surface area contributed by atoms with E-state index in [1.54, 1.807) is 44.7 Å². The number of carboxylic acids is 1. The highest BCUT2D eigenvalue weighted by atomic mass is 32.1. The average molecular weight is 359 g/mol. The number of nitrogens with zero attached hydrogens (tertiary/aromatic N) is 1. The van der Waals surface area contributed by atoms with E-state index in [1.807, 2.05) is 6.07 Å². The van der Waals surface area contributed by atoms with E-state index in [0.717, 1.165) is 5.56 Å². The molecule has 0 heterocycles. The van der Waals surface area contributed by atoms with Crippen LogP contribution in [0.5, 0.6) is 11.5 Å². The maximum atomic E-state index is 10.8. The van der Waals surface area contributed by atoms with Gasteiger partial charge in [-0.15, -0.1) is 0 Å². The number of thiocarbonyl (C=S) groups is 1. The predicted molar refractivity (Wildman–Crippen MR) is 99.9 cm³/mol. The van der Waals surface area contributed by atoms with Gasteiger partial charge in [-0.3, -0.25) is 5.43 Å². The second-order valence-electron chi connectivity index (χ2n) is 4.82. The Morgan fingerprint density at radius 3 is 2.40 bits per heavy atom. The van der Waals surface area contributed by atoms with Crippen molar-refractivity contribution in [3.05, 3.63) is 53.6 Å². The lowest BCUT2D eigenvalue weighted by Crippen LogP contribution is -2.23. The third-order valence-corrected chi connectivity index (χ3v) is 3.37. The smallest absolute Gasteiger partial charge is 0.335 e. The molecule has 7 nitrogen and oxygen atoms in total. The number of aromatic carboxylic acids is 1. The monoisotopic (exact) mass is 359 g/mol. The Bertz CT molecular complexity index is 791. The minimum Gasteiger partial charge on any atom is -0.493 e. The predicted octanol–water partition coefficient (Wildman–Crippen LogP) is 2.72. The second-order valence-corrected chi connectivity index (χ2v) is 5.23. The van der Waals surface area contributed by atoms with E-state index in [0.29, 0.717) is 17.2 Å². The van der Waals surface area contributed by atoms with Gasteiger partial charge in [0.05, 0.1) is 26.0 Å². The number of carbonyl (C=O) groups is 1. The first-order chi connectivity index (χ1) is 12.0. The highest BCUT2D eigenvalue weighted by Gasteiger charge is 2.04. The summed E-state index contributed by atoms with van der Waals surface area (Å²) in [6, 6.07) is 11.6. The number of nitrogens with one attached hydrogen (secondary N) is 2. The molecule has 2 aromatic carbocycles. The Balaban J connectivity index is 1.93. The Morgan fingerprint density at radius 2 is 1.80 bits per heavy atom. The van der Waals surface area contributed by atoms with Crippen LogP contribution in [0.4, 0.5) is 5.69 Å². The van der Waals surface area contributed by atoms with Crippen LogP contribution >= 0.6 is 12.2 Å². The topological polar surface area (TPSA) is 92.2 Å². The van der Waals surface area contributed by atoms with Crippen LogP contribution in [0.2, 0.25) is 0 Å². The lowest BCUT2D eigenvalue weighted by atomic mass is 10.2. The molecule has 0 unspecified atom stereocenters. The number of rotatable bonds is 6. The average Bonchev–Trinajstić information content (AvgIpc) is 2.62. The van der Waals surface area contributed by atoms with E-state index >= 15 is 0 Å². The number of hydrazone groups is 1.